The SMILES string of the molecule is CS(=O)c1ccc(-c2cc(F)c(OCC3C4CN(c5nc6ccccc6o5)CC34)c(F)c2)cc1. The van der Waals surface area contributed by atoms with Crippen LogP contribution in [0.1, 0.15) is 0 Å². The number of benzene rings is 3. The fraction of sp³-hybridized carbons (Fsp3) is 0.269. The summed E-state index contributed by atoms with van der Waals surface area (Å²) >= 11 is 0. The maximum absolute atomic E-state index is 14.7. The van der Waals surface area contributed by atoms with Gasteiger partial charge in [-0.2, -0.15) is 4.98 Å². The molecule has 0 amide bonds. The van der Waals surface area contributed by atoms with Crippen molar-refractivity contribution in [3.63, 3.8) is 0 Å². The average Bonchev–Trinajstić information content (AvgIpc) is 3.18. The summed E-state index contributed by atoms with van der Waals surface area (Å²) in [6, 6.07) is 17.7. The molecule has 1 aromatic heterocycles. The quantitative estimate of drug-likeness (QED) is 0.376. The Bertz CT molecular complexity index is 1340. The van der Waals surface area contributed by atoms with Gasteiger partial charge in [0, 0.05) is 41.0 Å². The molecule has 3 aromatic carbocycles. The number of anilines is 1. The number of rotatable bonds is 6. The van der Waals surface area contributed by atoms with Crippen molar-refractivity contribution in [1.29, 1.82) is 0 Å². The Labute approximate surface area is 197 Å². The van der Waals surface area contributed by atoms with Crippen LogP contribution in [0.5, 0.6) is 5.75 Å². The second-order valence-corrected chi connectivity index (χ2v) is 10.3. The molecule has 2 heterocycles. The van der Waals surface area contributed by atoms with E-state index in [1.165, 1.54) is 12.1 Å². The molecule has 4 aromatic rings. The van der Waals surface area contributed by atoms with Crippen molar-refractivity contribution in [3.8, 4) is 16.9 Å². The highest BCUT2D eigenvalue weighted by molar-refractivity contribution is 7.84. The molecule has 5 nitrogen and oxygen atoms in total. The van der Waals surface area contributed by atoms with E-state index in [9.17, 15) is 13.0 Å². The molecular formula is C26H22F2N2O3S. The Morgan fingerprint density at radius 1 is 1.03 bits per heavy atom. The van der Waals surface area contributed by atoms with Crippen LogP contribution in [0.25, 0.3) is 22.2 Å². The minimum absolute atomic E-state index is 0.265. The zero-order valence-corrected chi connectivity index (χ0v) is 19.2. The van der Waals surface area contributed by atoms with E-state index >= 15 is 0 Å². The van der Waals surface area contributed by atoms with Crippen molar-refractivity contribution in [3.05, 3.63) is 72.3 Å². The fourth-order valence-corrected chi connectivity index (χ4v) is 5.45. The number of para-hydroxylation sites is 2. The summed E-state index contributed by atoms with van der Waals surface area (Å²) in [5.41, 5.74) is 2.66. The van der Waals surface area contributed by atoms with Gasteiger partial charge < -0.3 is 14.1 Å². The third-order valence-corrected chi connectivity index (χ3v) is 7.80. The highest BCUT2D eigenvalue weighted by Crippen LogP contribution is 2.52. The molecule has 2 fully saturated rings. The zero-order valence-electron chi connectivity index (χ0n) is 18.4. The Morgan fingerprint density at radius 3 is 2.35 bits per heavy atom. The molecule has 0 bridgehead atoms. The molecular weight excluding hydrogens is 458 g/mol. The van der Waals surface area contributed by atoms with Crippen molar-refractivity contribution >= 4 is 27.9 Å². The maximum Gasteiger partial charge on any atom is 0.298 e. The van der Waals surface area contributed by atoms with Crippen LogP contribution in [0.3, 0.4) is 0 Å². The summed E-state index contributed by atoms with van der Waals surface area (Å²) in [5, 5.41) is 0. The first-order chi connectivity index (χ1) is 16.5. The summed E-state index contributed by atoms with van der Waals surface area (Å²) < 4.78 is 52.4. The Balaban J connectivity index is 1.09. The first-order valence-corrected chi connectivity index (χ1v) is 12.7. The lowest BCUT2D eigenvalue weighted by atomic mass is 10.1. The van der Waals surface area contributed by atoms with E-state index in [0.29, 0.717) is 33.9 Å². The van der Waals surface area contributed by atoms with E-state index in [4.69, 9.17) is 9.15 Å². The molecule has 0 spiro atoms. The van der Waals surface area contributed by atoms with Crippen LogP contribution in [0, 0.1) is 29.4 Å². The highest BCUT2D eigenvalue weighted by Gasteiger charge is 2.56. The largest absolute Gasteiger partial charge is 0.487 e. The molecule has 0 radical (unpaired) electrons. The van der Waals surface area contributed by atoms with Crippen LogP contribution < -0.4 is 9.64 Å². The van der Waals surface area contributed by atoms with Gasteiger partial charge in [0.25, 0.3) is 6.01 Å². The molecule has 1 aliphatic heterocycles. The monoisotopic (exact) mass is 480 g/mol. The molecule has 3 atom stereocenters. The number of halogens is 2. The Kier molecular flexibility index (Phi) is 5.13. The molecule has 1 saturated heterocycles. The van der Waals surface area contributed by atoms with Crippen molar-refractivity contribution in [2.75, 3.05) is 30.9 Å². The van der Waals surface area contributed by atoms with Crippen LogP contribution in [0.15, 0.2) is 70.0 Å². The van der Waals surface area contributed by atoms with Gasteiger partial charge in [-0.15, -0.1) is 0 Å². The first kappa shape index (κ1) is 21.3. The van der Waals surface area contributed by atoms with Gasteiger partial charge in [-0.05, 0) is 59.4 Å². The number of fused-ring (bicyclic) bond motifs is 2. The number of aromatic nitrogens is 1. The molecule has 1 aliphatic carbocycles. The predicted octanol–water partition coefficient (Wildman–Crippen LogP) is 5.27. The van der Waals surface area contributed by atoms with Gasteiger partial charge in [0.15, 0.2) is 23.0 Å². The normalized spacial score (nSPS) is 22.1. The number of piperidine rings is 1. The summed E-state index contributed by atoms with van der Waals surface area (Å²) in [4.78, 5) is 7.34. The van der Waals surface area contributed by atoms with E-state index < -0.39 is 22.4 Å². The number of oxazole rings is 1. The molecule has 0 N–H and O–H groups in total. The molecule has 2 aliphatic rings. The number of nitrogens with zero attached hydrogens (tertiary/aromatic N) is 2. The first-order valence-electron chi connectivity index (χ1n) is 11.1. The Hall–Kier alpha value is -3.26. The fourth-order valence-electron chi connectivity index (χ4n) is 4.93. The van der Waals surface area contributed by atoms with Gasteiger partial charge in [-0.3, -0.25) is 4.21 Å². The van der Waals surface area contributed by atoms with Crippen LogP contribution in [-0.2, 0) is 10.8 Å². The topological polar surface area (TPSA) is 55.6 Å². The Morgan fingerprint density at radius 2 is 1.71 bits per heavy atom. The molecule has 8 heteroatoms. The lowest BCUT2D eigenvalue weighted by molar-refractivity contribution is 0.257. The summed E-state index contributed by atoms with van der Waals surface area (Å²) in [6.45, 7) is 1.88. The molecule has 1 saturated carbocycles. The minimum Gasteiger partial charge on any atom is -0.487 e. The van der Waals surface area contributed by atoms with Gasteiger partial charge >= 0.3 is 0 Å². The predicted molar refractivity (Wildman–Crippen MR) is 126 cm³/mol. The second kappa shape index (κ2) is 8.20. The maximum atomic E-state index is 14.7. The third-order valence-electron chi connectivity index (χ3n) is 6.86. The van der Waals surface area contributed by atoms with Gasteiger partial charge in [0.05, 0.1) is 6.61 Å². The van der Waals surface area contributed by atoms with Crippen LogP contribution in [-0.4, -0.2) is 35.1 Å². The smallest absolute Gasteiger partial charge is 0.298 e. The second-order valence-electron chi connectivity index (χ2n) is 8.92. The molecule has 174 valence electrons. The van der Waals surface area contributed by atoms with E-state index in [-0.39, 0.29) is 18.3 Å². The van der Waals surface area contributed by atoms with Gasteiger partial charge in [0.2, 0.25) is 0 Å². The molecule has 6 rings (SSSR count). The summed E-state index contributed by atoms with van der Waals surface area (Å²) in [5.74, 6) is -0.711. The lowest BCUT2D eigenvalue weighted by Crippen LogP contribution is -2.25. The summed E-state index contributed by atoms with van der Waals surface area (Å²) in [7, 11) is -1.11. The van der Waals surface area contributed by atoms with Crippen LogP contribution in [0.4, 0.5) is 14.8 Å². The van der Waals surface area contributed by atoms with Crippen LogP contribution in [0.2, 0.25) is 0 Å². The van der Waals surface area contributed by atoms with Crippen molar-refractivity contribution < 1.29 is 22.1 Å². The number of ether oxygens (including phenoxy) is 1. The van der Waals surface area contributed by atoms with Gasteiger partial charge in [-0.25, -0.2) is 8.78 Å². The standard InChI is InChI=1S/C26H22F2N2O3S/c1-34(31)17-8-6-15(7-9-17)16-10-21(27)25(22(28)11-16)32-14-20-18-12-30(13-19(18)20)26-29-23-4-2-3-5-24(23)33-26/h2-11,18-20H,12-14H2,1H3. The average molecular weight is 481 g/mol. The molecule has 3 unspecified atom stereocenters. The van der Waals surface area contributed by atoms with E-state index in [1.807, 2.05) is 24.3 Å². The number of hydrogen-bond donors (Lipinski definition) is 0. The summed E-state index contributed by atoms with van der Waals surface area (Å²) in [6.07, 6.45) is 1.59. The minimum atomic E-state index is -1.11. The van der Waals surface area contributed by atoms with Gasteiger partial charge in [-0.1, -0.05) is 24.3 Å². The lowest BCUT2D eigenvalue weighted by Gasteiger charge is -2.18. The van der Waals surface area contributed by atoms with Crippen molar-refractivity contribution in [1.82, 2.24) is 4.98 Å². The highest BCUT2D eigenvalue weighted by atomic mass is 32.2. The molecule has 34 heavy (non-hydrogen) atoms. The van der Waals surface area contributed by atoms with E-state index in [0.717, 1.165) is 24.2 Å². The van der Waals surface area contributed by atoms with Crippen LogP contribution >= 0.6 is 0 Å². The third kappa shape index (κ3) is 3.76. The van der Waals surface area contributed by atoms with E-state index in [1.54, 1.807) is 30.5 Å². The number of hydrogen-bond acceptors (Lipinski definition) is 5. The zero-order chi connectivity index (χ0) is 23.4. The van der Waals surface area contributed by atoms with Crippen molar-refractivity contribution in [2.45, 2.75) is 4.90 Å². The van der Waals surface area contributed by atoms with E-state index in [2.05, 4.69) is 9.88 Å². The van der Waals surface area contributed by atoms with Gasteiger partial charge in [0.1, 0.15) is 5.52 Å². The van der Waals surface area contributed by atoms with Crippen molar-refractivity contribution in [2.24, 2.45) is 17.8 Å².